The van der Waals surface area contributed by atoms with Crippen LogP contribution < -0.4 is 11.3 Å². The summed E-state index contributed by atoms with van der Waals surface area (Å²) in [5.74, 6) is 4.58. The van der Waals surface area contributed by atoms with Gasteiger partial charge in [0, 0.05) is 5.56 Å². The number of hydrogen-bond donors (Lipinski definition) is 2. The number of nitrogens with zero attached hydrogens (tertiary/aromatic N) is 2. The van der Waals surface area contributed by atoms with E-state index in [1.807, 2.05) is 45.3 Å². The Balaban J connectivity index is 0.000000956. The van der Waals surface area contributed by atoms with Crippen LogP contribution in [0.25, 0.3) is 11.3 Å². The number of nitrogens with two attached hydrogens (primary N) is 1. The van der Waals surface area contributed by atoms with Crippen molar-refractivity contribution in [2.45, 2.75) is 27.7 Å². The van der Waals surface area contributed by atoms with Gasteiger partial charge in [0.1, 0.15) is 0 Å². The molecule has 2 rings (SSSR count). The molecule has 0 aliphatic carbocycles. The monoisotopic (exact) mass is 272 g/mol. The van der Waals surface area contributed by atoms with Crippen LogP contribution in [0.2, 0.25) is 0 Å². The van der Waals surface area contributed by atoms with Crippen LogP contribution in [0.1, 0.15) is 35.5 Å². The molecule has 3 N–H and O–H groups in total. The zero-order chi connectivity index (χ0) is 15.1. The minimum atomic E-state index is -0.449. The second-order valence-electron chi connectivity index (χ2n) is 4.10. The van der Waals surface area contributed by atoms with Gasteiger partial charge in [0.05, 0.1) is 5.69 Å². The highest BCUT2D eigenvalue weighted by atomic mass is 16.2. The Morgan fingerprint density at radius 2 is 1.80 bits per heavy atom. The first kappa shape index (κ1) is 15.8. The van der Waals surface area contributed by atoms with Gasteiger partial charge >= 0.3 is 0 Å². The van der Waals surface area contributed by atoms with Gasteiger partial charge in [-0.05, 0) is 31.5 Å². The Morgan fingerprint density at radius 3 is 2.30 bits per heavy atom. The summed E-state index contributed by atoms with van der Waals surface area (Å²) in [6.07, 6.45) is 0. The number of nitrogens with one attached hydrogen (secondary N) is 1. The number of carbonyl (C=O) groups excluding carboxylic acids is 1. The zero-order valence-corrected chi connectivity index (χ0v) is 12.3. The van der Waals surface area contributed by atoms with Crippen molar-refractivity contribution in [3.05, 3.63) is 47.2 Å². The molecule has 0 aliphatic heterocycles. The zero-order valence-electron chi connectivity index (χ0n) is 12.3. The first-order valence-corrected chi connectivity index (χ1v) is 6.54. The van der Waals surface area contributed by atoms with Crippen molar-refractivity contribution in [2.24, 2.45) is 5.84 Å². The van der Waals surface area contributed by atoms with Crippen molar-refractivity contribution < 1.29 is 4.79 Å². The predicted octanol–water partition coefficient (Wildman–Crippen LogP) is 2.39. The third-order valence-electron chi connectivity index (χ3n) is 2.69. The second kappa shape index (κ2) is 7.35. The normalized spacial score (nSPS) is 9.45. The SMILES string of the molecule is CC.Cc1ccc(-c2ccc(C(=O)NN)nn2)c(C)c1. The van der Waals surface area contributed by atoms with Gasteiger partial charge in [-0.15, -0.1) is 10.2 Å². The van der Waals surface area contributed by atoms with Gasteiger partial charge in [0.2, 0.25) is 0 Å². The number of rotatable bonds is 2. The van der Waals surface area contributed by atoms with Gasteiger partial charge in [0.25, 0.3) is 5.91 Å². The number of amides is 1. The van der Waals surface area contributed by atoms with Crippen molar-refractivity contribution in [2.75, 3.05) is 0 Å². The maximum Gasteiger partial charge on any atom is 0.285 e. The Bertz CT molecular complexity index is 579. The molecule has 2 aromatic rings. The molecule has 20 heavy (non-hydrogen) atoms. The maximum atomic E-state index is 11.2. The minimum absolute atomic E-state index is 0.200. The Kier molecular flexibility index (Phi) is 5.80. The number of hydrogen-bond acceptors (Lipinski definition) is 4. The molecule has 5 nitrogen and oxygen atoms in total. The van der Waals surface area contributed by atoms with E-state index >= 15 is 0 Å². The van der Waals surface area contributed by atoms with E-state index in [1.54, 1.807) is 12.1 Å². The number of hydrazine groups is 1. The molecule has 1 amide bonds. The van der Waals surface area contributed by atoms with Crippen molar-refractivity contribution in [3.8, 4) is 11.3 Å². The number of nitrogen functional groups attached to an aromatic ring is 1. The number of benzene rings is 1. The van der Waals surface area contributed by atoms with E-state index < -0.39 is 5.91 Å². The summed E-state index contributed by atoms with van der Waals surface area (Å²) in [7, 11) is 0. The largest absolute Gasteiger partial charge is 0.289 e. The average Bonchev–Trinajstić information content (AvgIpc) is 2.49. The van der Waals surface area contributed by atoms with Gasteiger partial charge in [-0.3, -0.25) is 10.2 Å². The highest BCUT2D eigenvalue weighted by Crippen LogP contribution is 2.21. The van der Waals surface area contributed by atoms with Gasteiger partial charge < -0.3 is 0 Å². The van der Waals surface area contributed by atoms with E-state index in [4.69, 9.17) is 5.84 Å². The Labute approximate surface area is 119 Å². The molecular formula is C15H20N4O. The highest BCUT2D eigenvalue weighted by Gasteiger charge is 2.08. The second-order valence-corrected chi connectivity index (χ2v) is 4.10. The maximum absolute atomic E-state index is 11.2. The molecule has 1 aromatic heterocycles. The third kappa shape index (κ3) is 3.61. The summed E-state index contributed by atoms with van der Waals surface area (Å²) in [4.78, 5) is 11.2. The lowest BCUT2D eigenvalue weighted by atomic mass is 10.0. The lowest BCUT2D eigenvalue weighted by Crippen LogP contribution is -2.30. The summed E-state index contributed by atoms with van der Waals surface area (Å²) in [5.41, 5.74) is 6.29. The van der Waals surface area contributed by atoms with Crippen LogP contribution >= 0.6 is 0 Å². The van der Waals surface area contributed by atoms with Gasteiger partial charge in [0.15, 0.2) is 5.69 Å². The van der Waals surface area contributed by atoms with E-state index in [9.17, 15) is 4.79 Å². The van der Waals surface area contributed by atoms with Crippen LogP contribution in [0, 0.1) is 13.8 Å². The molecular weight excluding hydrogens is 252 g/mol. The summed E-state index contributed by atoms with van der Waals surface area (Å²) in [5, 5.41) is 7.89. The molecule has 106 valence electrons. The fourth-order valence-electron chi connectivity index (χ4n) is 1.77. The molecule has 0 aliphatic rings. The van der Waals surface area contributed by atoms with E-state index in [0.717, 1.165) is 16.8 Å². The summed E-state index contributed by atoms with van der Waals surface area (Å²) in [6, 6.07) is 9.46. The van der Waals surface area contributed by atoms with E-state index in [1.165, 1.54) is 5.56 Å². The van der Waals surface area contributed by atoms with Crippen LogP contribution in [-0.4, -0.2) is 16.1 Å². The van der Waals surface area contributed by atoms with E-state index in [0.29, 0.717) is 0 Å². The predicted molar refractivity (Wildman–Crippen MR) is 79.9 cm³/mol. The molecule has 0 radical (unpaired) electrons. The molecule has 0 saturated carbocycles. The topological polar surface area (TPSA) is 80.9 Å². The van der Waals surface area contributed by atoms with Crippen molar-refractivity contribution in [1.82, 2.24) is 15.6 Å². The first-order valence-electron chi connectivity index (χ1n) is 6.54. The highest BCUT2D eigenvalue weighted by molar-refractivity contribution is 5.91. The van der Waals surface area contributed by atoms with Crippen LogP contribution in [0.5, 0.6) is 0 Å². The van der Waals surface area contributed by atoms with Crippen LogP contribution in [0.4, 0.5) is 0 Å². The molecule has 1 aromatic carbocycles. The van der Waals surface area contributed by atoms with Crippen molar-refractivity contribution in [1.29, 1.82) is 0 Å². The summed E-state index contributed by atoms with van der Waals surface area (Å²) in [6.45, 7) is 8.06. The Hall–Kier alpha value is -2.27. The molecule has 0 unspecified atom stereocenters. The van der Waals surface area contributed by atoms with Gasteiger partial charge in [-0.1, -0.05) is 37.6 Å². The molecule has 0 fully saturated rings. The molecule has 0 saturated heterocycles. The van der Waals surface area contributed by atoms with Crippen LogP contribution in [0.15, 0.2) is 30.3 Å². The lowest BCUT2D eigenvalue weighted by molar-refractivity contribution is 0.0947. The van der Waals surface area contributed by atoms with Gasteiger partial charge in [-0.2, -0.15) is 0 Å². The van der Waals surface area contributed by atoms with Crippen LogP contribution in [0.3, 0.4) is 0 Å². The molecule has 0 atom stereocenters. The molecule has 1 heterocycles. The molecule has 0 spiro atoms. The standard InChI is InChI=1S/C13H14N4O.C2H6/c1-8-3-4-10(9(2)7-8)11-5-6-12(17-16-11)13(18)15-14;1-2/h3-7H,14H2,1-2H3,(H,15,18);1-2H3. The quantitative estimate of drug-likeness (QED) is 0.499. The first-order chi connectivity index (χ1) is 9.61. The van der Waals surface area contributed by atoms with E-state index in [2.05, 4.69) is 16.3 Å². The van der Waals surface area contributed by atoms with Crippen molar-refractivity contribution >= 4 is 5.91 Å². The average molecular weight is 272 g/mol. The Morgan fingerprint density at radius 1 is 1.10 bits per heavy atom. The van der Waals surface area contributed by atoms with Crippen LogP contribution in [-0.2, 0) is 0 Å². The van der Waals surface area contributed by atoms with E-state index in [-0.39, 0.29) is 5.69 Å². The summed E-state index contributed by atoms with van der Waals surface area (Å²) < 4.78 is 0. The van der Waals surface area contributed by atoms with Gasteiger partial charge in [-0.25, -0.2) is 5.84 Å². The number of aryl methyl sites for hydroxylation is 2. The summed E-state index contributed by atoms with van der Waals surface area (Å²) >= 11 is 0. The molecule has 5 heteroatoms. The molecule has 0 bridgehead atoms. The number of carbonyl (C=O) groups is 1. The third-order valence-corrected chi connectivity index (χ3v) is 2.69. The minimum Gasteiger partial charge on any atom is -0.289 e. The van der Waals surface area contributed by atoms with Crippen molar-refractivity contribution in [3.63, 3.8) is 0 Å². The fourth-order valence-corrected chi connectivity index (χ4v) is 1.77. The fraction of sp³-hybridized carbons (Fsp3) is 0.267. The smallest absolute Gasteiger partial charge is 0.285 e. The number of aromatic nitrogens is 2. The lowest BCUT2D eigenvalue weighted by Gasteiger charge is -2.06.